The van der Waals surface area contributed by atoms with E-state index in [1.165, 1.54) is 25.7 Å². The molecule has 1 aromatic carbocycles. The molecule has 0 spiro atoms. The number of benzene rings is 1. The molecule has 1 fully saturated rings. The SMILES string of the molecule is CCCC1(CNCCc2ccc([N+](=O)[O-])cc2)CC1. The zero-order valence-corrected chi connectivity index (χ0v) is 11.5. The number of nitrogens with zero attached hydrogens (tertiary/aromatic N) is 1. The Kier molecular flexibility index (Phi) is 4.53. The molecule has 0 bridgehead atoms. The summed E-state index contributed by atoms with van der Waals surface area (Å²) in [4.78, 5) is 10.2. The first-order valence-corrected chi connectivity index (χ1v) is 7.09. The quantitative estimate of drug-likeness (QED) is 0.444. The lowest BCUT2D eigenvalue weighted by atomic mass is 10.0. The molecule has 0 heterocycles. The van der Waals surface area contributed by atoms with Crippen molar-refractivity contribution in [3.8, 4) is 0 Å². The highest BCUT2D eigenvalue weighted by Gasteiger charge is 2.40. The first-order valence-electron chi connectivity index (χ1n) is 7.09. The highest BCUT2D eigenvalue weighted by Crippen LogP contribution is 2.48. The van der Waals surface area contributed by atoms with Gasteiger partial charge in [-0.25, -0.2) is 0 Å². The molecule has 4 nitrogen and oxygen atoms in total. The van der Waals surface area contributed by atoms with E-state index in [2.05, 4.69) is 12.2 Å². The second-order valence-electron chi connectivity index (χ2n) is 5.60. The fourth-order valence-corrected chi connectivity index (χ4v) is 2.59. The third kappa shape index (κ3) is 4.03. The lowest BCUT2D eigenvalue weighted by molar-refractivity contribution is -0.384. The van der Waals surface area contributed by atoms with E-state index in [0.717, 1.165) is 25.1 Å². The van der Waals surface area contributed by atoms with Crippen LogP contribution in [0.25, 0.3) is 0 Å². The van der Waals surface area contributed by atoms with Crippen molar-refractivity contribution in [1.29, 1.82) is 0 Å². The van der Waals surface area contributed by atoms with Gasteiger partial charge in [-0.2, -0.15) is 0 Å². The van der Waals surface area contributed by atoms with Gasteiger partial charge in [-0.05, 0) is 43.2 Å². The Bertz CT molecular complexity index is 424. The van der Waals surface area contributed by atoms with Gasteiger partial charge < -0.3 is 5.32 Å². The summed E-state index contributed by atoms with van der Waals surface area (Å²) < 4.78 is 0. The molecule has 0 aliphatic heterocycles. The van der Waals surface area contributed by atoms with E-state index in [1.807, 2.05) is 12.1 Å². The molecule has 0 amide bonds. The Morgan fingerprint density at radius 1 is 1.32 bits per heavy atom. The van der Waals surface area contributed by atoms with Crippen molar-refractivity contribution in [3.63, 3.8) is 0 Å². The molecule has 0 radical (unpaired) electrons. The van der Waals surface area contributed by atoms with Crippen LogP contribution >= 0.6 is 0 Å². The molecule has 0 saturated heterocycles. The van der Waals surface area contributed by atoms with E-state index < -0.39 is 0 Å². The predicted octanol–water partition coefficient (Wildman–Crippen LogP) is 3.31. The van der Waals surface area contributed by atoms with E-state index in [9.17, 15) is 10.1 Å². The van der Waals surface area contributed by atoms with Gasteiger partial charge in [0.1, 0.15) is 0 Å². The molecule has 1 aliphatic carbocycles. The average Bonchev–Trinajstić information content (AvgIpc) is 3.16. The summed E-state index contributed by atoms with van der Waals surface area (Å²) in [5.41, 5.74) is 1.90. The molecule has 1 aliphatic rings. The van der Waals surface area contributed by atoms with Crippen LogP contribution in [0.4, 0.5) is 5.69 Å². The number of hydrogen-bond acceptors (Lipinski definition) is 3. The standard InChI is InChI=1S/C15H22N2O2/c1-2-8-15(9-10-15)12-16-11-7-13-3-5-14(6-4-13)17(18)19/h3-6,16H,2,7-12H2,1H3. The van der Waals surface area contributed by atoms with Gasteiger partial charge in [0, 0.05) is 18.7 Å². The fraction of sp³-hybridized carbons (Fsp3) is 0.600. The second kappa shape index (κ2) is 6.15. The first kappa shape index (κ1) is 14.0. The maximum absolute atomic E-state index is 10.5. The van der Waals surface area contributed by atoms with Crippen LogP contribution in [0, 0.1) is 15.5 Å². The van der Waals surface area contributed by atoms with Crippen LogP contribution in [0.15, 0.2) is 24.3 Å². The van der Waals surface area contributed by atoms with Crippen LogP contribution in [0.3, 0.4) is 0 Å². The summed E-state index contributed by atoms with van der Waals surface area (Å²) >= 11 is 0. The fourth-order valence-electron chi connectivity index (χ4n) is 2.59. The van der Waals surface area contributed by atoms with Gasteiger partial charge in [0.05, 0.1) is 4.92 Å². The Labute approximate surface area is 114 Å². The van der Waals surface area contributed by atoms with Crippen LogP contribution in [0.2, 0.25) is 0 Å². The molecular weight excluding hydrogens is 240 g/mol. The number of non-ortho nitro benzene ring substituents is 1. The molecule has 0 atom stereocenters. The normalized spacial score (nSPS) is 16.3. The summed E-state index contributed by atoms with van der Waals surface area (Å²) in [6.07, 6.45) is 6.26. The van der Waals surface area contributed by atoms with Gasteiger partial charge in [0.25, 0.3) is 5.69 Å². The van der Waals surface area contributed by atoms with Crippen LogP contribution in [-0.4, -0.2) is 18.0 Å². The van der Waals surface area contributed by atoms with E-state index in [-0.39, 0.29) is 10.6 Å². The van der Waals surface area contributed by atoms with Crippen molar-refractivity contribution in [2.24, 2.45) is 5.41 Å². The van der Waals surface area contributed by atoms with Crippen molar-refractivity contribution >= 4 is 5.69 Å². The summed E-state index contributed by atoms with van der Waals surface area (Å²) in [7, 11) is 0. The number of nitro benzene ring substituents is 1. The van der Waals surface area contributed by atoms with E-state index in [1.54, 1.807) is 12.1 Å². The van der Waals surface area contributed by atoms with Gasteiger partial charge >= 0.3 is 0 Å². The molecule has 0 aromatic heterocycles. The zero-order chi connectivity index (χ0) is 13.7. The van der Waals surface area contributed by atoms with E-state index in [0.29, 0.717) is 5.41 Å². The van der Waals surface area contributed by atoms with Crippen molar-refractivity contribution in [2.75, 3.05) is 13.1 Å². The summed E-state index contributed by atoms with van der Waals surface area (Å²) in [5, 5.41) is 14.1. The molecule has 1 aromatic rings. The Balaban J connectivity index is 1.69. The predicted molar refractivity (Wildman–Crippen MR) is 76.2 cm³/mol. The van der Waals surface area contributed by atoms with E-state index >= 15 is 0 Å². The van der Waals surface area contributed by atoms with Crippen LogP contribution in [-0.2, 0) is 6.42 Å². The molecular formula is C15H22N2O2. The maximum atomic E-state index is 10.5. The lowest BCUT2D eigenvalue weighted by Crippen LogP contribution is -2.25. The van der Waals surface area contributed by atoms with Crippen molar-refractivity contribution in [1.82, 2.24) is 5.32 Å². The summed E-state index contributed by atoms with van der Waals surface area (Å²) in [5.74, 6) is 0. The van der Waals surface area contributed by atoms with Gasteiger partial charge in [-0.15, -0.1) is 0 Å². The molecule has 104 valence electrons. The molecule has 1 saturated carbocycles. The van der Waals surface area contributed by atoms with Crippen LogP contribution in [0.5, 0.6) is 0 Å². The largest absolute Gasteiger partial charge is 0.316 e. The Morgan fingerprint density at radius 2 is 2.00 bits per heavy atom. The van der Waals surface area contributed by atoms with Crippen LogP contribution < -0.4 is 5.32 Å². The minimum absolute atomic E-state index is 0.164. The molecule has 19 heavy (non-hydrogen) atoms. The third-order valence-corrected chi connectivity index (χ3v) is 3.98. The van der Waals surface area contributed by atoms with Crippen molar-refractivity contribution < 1.29 is 4.92 Å². The number of nitro groups is 1. The Morgan fingerprint density at radius 3 is 2.53 bits per heavy atom. The maximum Gasteiger partial charge on any atom is 0.269 e. The minimum atomic E-state index is -0.358. The molecule has 4 heteroatoms. The monoisotopic (exact) mass is 262 g/mol. The first-order chi connectivity index (χ1) is 9.15. The number of nitrogens with one attached hydrogen (secondary N) is 1. The zero-order valence-electron chi connectivity index (χ0n) is 11.5. The number of hydrogen-bond donors (Lipinski definition) is 1. The van der Waals surface area contributed by atoms with E-state index in [4.69, 9.17) is 0 Å². The van der Waals surface area contributed by atoms with Gasteiger partial charge in [-0.3, -0.25) is 10.1 Å². The average molecular weight is 262 g/mol. The van der Waals surface area contributed by atoms with Gasteiger partial charge in [-0.1, -0.05) is 25.5 Å². The topological polar surface area (TPSA) is 55.2 Å². The van der Waals surface area contributed by atoms with Crippen molar-refractivity contribution in [2.45, 2.75) is 39.0 Å². The molecule has 0 unspecified atom stereocenters. The third-order valence-electron chi connectivity index (χ3n) is 3.98. The molecule has 1 N–H and O–H groups in total. The second-order valence-corrected chi connectivity index (χ2v) is 5.60. The summed E-state index contributed by atoms with van der Waals surface area (Å²) in [6, 6.07) is 6.85. The number of rotatable bonds is 8. The Hall–Kier alpha value is -1.42. The smallest absolute Gasteiger partial charge is 0.269 e. The highest BCUT2D eigenvalue weighted by molar-refractivity contribution is 5.32. The minimum Gasteiger partial charge on any atom is -0.316 e. The van der Waals surface area contributed by atoms with Gasteiger partial charge in [0.15, 0.2) is 0 Å². The molecule has 2 rings (SSSR count). The van der Waals surface area contributed by atoms with Crippen molar-refractivity contribution in [3.05, 3.63) is 39.9 Å². The summed E-state index contributed by atoms with van der Waals surface area (Å²) in [6.45, 7) is 4.31. The van der Waals surface area contributed by atoms with Gasteiger partial charge in [0.2, 0.25) is 0 Å². The van der Waals surface area contributed by atoms with Crippen LogP contribution in [0.1, 0.15) is 38.2 Å². The lowest BCUT2D eigenvalue weighted by Gasteiger charge is -2.14. The highest BCUT2D eigenvalue weighted by atomic mass is 16.6.